The molecule has 0 aliphatic rings. The highest BCUT2D eigenvalue weighted by Crippen LogP contribution is 1.98. The van der Waals surface area contributed by atoms with Crippen molar-refractivity contribution in [1.82, 2.24) is 0 Å². The van der Waals surface area contributed by atoms with Gasteiger partial charge in [-0.05, 0) is 13.0 Å². The lowest BCUT2D eigenvalue weighted by atomic mass is 10.2. The second kappa shape index (κ2) is 4.17. The SMILES string of the molecule is C/C(=C\C(O)=C\C(=O)O)C(=O)O. The van der Waals surface area contributed by atoms with Gasteiger partial charge in [0.2, 0.25) is 0 Å². The van der Waals surface area contributed by atoms with Crippen molar-refractivity contribution >= 4 is 11.9 Å². The van der Waals surface area contributed by atoms with Crippen LogP contribution < -0.4 is 0 Å². The zero-order chi connectivity index (χ0) is 9.72. The van der Waals surface area contributed by atoms with Crippen LogP contribution in [-0.2, 0) is 9.59 Å². The van der Waals surface area contributed by atoms with Crippen LogP contribution in [0.1, 0.15) is 6.92 Å². The van der Waals surface area contributed by atoms with E-state index >= 15 is 0 Å². The van der Waals surface area contributed by atoms with Gasteiger partial charge in [-0.3, -0.25) is 0 Å². The first kappa shape index (κ1) is 10.2. The predicted molar refractivity (Wildman–Crippen MR) is 39.7 cm³/mol. The zero-order valence-electron chi connectivity index (χ0n) is 6.31. The van der Waals surface area contributed by atoms with Gasteiger partial charge in [0, 0.05) is 5.57 Å². The summed E-state index contributed by atoms with van der Waals surface area (Å²) in [6.07, 6.45) is 1.36. The van der Waals surface area contributed by atoms with Gasteiger partial charge in [-0.15, -0.1) is 0 Å². The highest BCUT2D eigenvalue weighted by molar-refractivity contribution is 5.87. The molecule has 0 saturated heterocycles. The summed E-state index contributed by atoms with van der Waals surface area (Å²) in [5.41, 5.74) is -0.134. The van der Waals surface area contributed by atoms with E-state index in [1.165, 1.54) is 6.92 Å². The molecule has 0 bridgehead atoms. The van der Waals surface area contributed by atoms with E-state index in [1.54, 1.807) is 0 Å². The van der Waals surface area contributed by atoms with Crippen LogP contribution in [0.5, 0.6) is 0 Å². The average molecular weight is 172 g/mol. The third-order valence-electron chi connectivity index (χ3n) is 0.973. The van der Waals surface area contributed by atoms with E-state index in [0.717, 1.165) is 6.08 Å². The van der Waals surface area contributed by atoms with Gasteiger partial charge in [-0.1, -0.05) is 0 Å². The number of carboxylic acids is 2. The molecule has 0 fully saturated rings. The first-order valence-electron chi connectivity index (χ1n) is 2.98. The first-order valence-corrected chi connectivity index (χ1v) is 2.98. The maximum Gasteiger partial charge on any atom is 0.332 e. The summed E-state index contributed by atoms with van der Waals surface area (Å²) in [7, 11) is 0. The van der Waals surface area contributed by atoms with Crippen molar-refractivity contribution in [3.8, 4) is 0 Å². The van der Waals surface area contributed by atoms with Crippen molar-refractivity contribution < 1.29 is 24.9 Å². The third-order valence-corrected chi connectivity index (χ3v) is 0.973. The fourth-order valence-corrected chi connectivity index (χ4v) is 0.452. The molecule has 0 aromatic rings. The summed E-state index contributed by atoms with van der Waals surface area (Å²) in [4.78, 5) is 20.1. The van der Waals surface area contributed by atoms with Crippen molar-refractivity contribution in [3.05, 3.63) is 23.5 Å². The minimum absolute atomic E-state index is 0.134. The lowest BCUT2D eigenvalue weighted by Crippen LogP contribution is -1.97. The van der Waals surface area contributed by atoms with Crippen LogP contribution in [0.25, 0.3) is 0 Å². The molecular formula is C7H8O5. The Hall–Kier alpha value is -1.78. The number of rotatable bonds is 3. The normalized spacial score (nSPS) is 12.8. The van der Waals surface area contributed by atoms with Gasteiger partial charge in [-0.25, -0.2) is 9.59 Å². The molecular weight excluding hydrogens is 164 g/mol. The minimum atomic E-state index is -1.33. The molecule has 0 spiro atoms. The molecule has 5 nitrogen and oxygen atoms in total. The van der Waals surface area contributed by atoms with E-state index in [1.807, 2.05) is 0 Å². The maximum atomic E-state index is 10.2. The monoisotopic (exact) mass is 172 g/mol. The number of carbonyl (C=O) groups is 2. The number of aliphatic hydroxyl groups is 1. The smallest absolute Gasteiger partial charge is 0.332 e. The summed E-state index contributed by atoms with van der Waals surface area (Å²) in [6.45, 7) is 1.24. The largest absolute Gasteiger partial charge is 0.508 e. The van der Waals surface area contributed by atoms with Gasteiger partial charge >= 0.3 is 11.9 Å². The summed E-state index contributed by atoms with van der Waals surface area (Å²) in [5, 5.41) is 25.2. The summed E-state index contributed by atoms with van der Waals surface area (Å²) in [6, 6.07) is 0. The van der Waals surface area contributed by atoms with E-state index in [4.69, 9.17) is 15.3 Å². The van der Waals surface area contributed by atoms with Crippen molar-refractivity contribution in [3.63, 3.8) is 0 Å². The molecule has 0 saturated carbocycles. The van der Waals surface area contributed by atoms with Gasteiger partial charge in [-0.2, -0.15) is 0 Å². The summed E-state index contributed by atoms with van der Waals surface area (Å²) >= 11 is 0. The van der Waals surface area contributed by atoms with E-state index in [9.17, 15) is 9.59 Å². The molecule has 0 aliphatic carbocycles. The Kier molecular flexibility index (Phi) is 3.55. The van der Waals surface area contributed by atoms with Crippen LogP contribution >= 0.6 is 0 Å². The van der Waals surface area contributed by atoms with Crippen LogP contribution in [0.2, 0.25) is 0 Å². The van der Waals surface area contributed by atoms with Gasteiger partial charge in [0.05, 0.1) is 6.08 Å². The number of aliphatic carboxylic acids is 2. The quantitative estimate of drug-likeness (QED) is 0.328. The Labute approximate surface area is 68.3 Å². The first-order chi connectivity index (χ1) is 5.43. The number of hydrogen-bond donors (Lipinski definition) is 3. The summed E-state index contributed by atoms with van der Waals surface area (Å²) in [5.74, 6) is -3.13. The molecule has 0 aromatic heterocycles. The zero-order valence-corrected chi connectivity index (χ0v) is 6.31. The second-order valence-electron chi connectivity index (χ2n) is 2.04. The molecule has 0 atom stereocenters. The van der Waals surface area contributed by atoms with E-state index in [0.29, 0.717) is 6.08 Å². The Morgan fingerprint density at radius 3 is 1.92 bits per heavy atom. The molecule has 5 heteroatoms. The molecule has 0 amide bonds. The lowest BCUT2D eigenvalue weighted by Gasteiger charge is -1.91. The number of hydrogen-bond acceptors (Lipinski definition) is 3. The molecule has 0 heterocycles. The van der Waals surface area contributed by atoms with Crippen molar-refractivity contribution in [2.24, 2.45) is 0 Å². The maximum absolute atomic E-state index is 10.2. The predicted octanol–water partition coefficient (Wildman–Crippen LogP) is 0.544. The summed E-state index contributed by atoms with van der Waals surface area (Å²) < 4.78 is 0. The Bertz CT molecular complexity index is 261. The average Bonchev–Trinajstić information content (AvgIpc) is 1.84. The highest BCUT2D eigenvalue weighted by Gasteiger charge is 2.01. The van der Waals surface area contributed by atoms with Gasteiger partial charge in [0.25, 0.3) is 0 Å². The topological polar surface area (TPSA) is 94.8 Å². The van der Waals surface area contributed by atoms with Crippen molar-refractivity contribution in [2.45, 2.75) is 6.92 Å². The number of aliphatic hydroxyl groups excluding tert-OH is 1. The Morgan fingerprint density at radius 1 is 1.08 bits per heavy atom. The third kappa shape index (κ3) is 4.10. The molecule has 0 aromatic carbocycles. The highest BCUT2D eigenvalue weighted by atomic mass is 16.4. The van der Waals surface area contributed by atoms with Crippen molar-refractivity contribution in [2.75, 3.05) is 0 Å². The van der Waals surface area contributed by atoms with Crippen LogP contribution in [0.4, 0.5) is 0 Å². The molecule has 3 N–H and O–H groups in total. The standard InChI is InChI=1S/C7H8O5/c1-4(7(11)12)2-5(8)3-6(9)10/h2-3,8H,1H3,(H,9,10)(H,11,12)/b4-2+,5-3-. The number of allylic oxidation sites excluding steroid dienone is 1. The van der Waals surface area contributed by atoms with Crippen molar-refractivity contribution in [1.29, 1.82) is 0 Å². The lowest BCUT2D eigenvalue weighted by molar-refractivity contribution is -0.133. The van der Waals surface area contributed by atoms with Gasteiger partial charge < -0.3 is 15.3 Å². The van der Waals surface area contributed by atoms with Crippen LogP contribution in [-0.4, -0.2) is 27.3 Å². The Morgan fingerprint density at radius 2 is 1.58 bits per heavy atom. The second-order valence-corrected chi connectivity index (χ2v) is 2.04. The van der Waals surface area contributed by atoms with Crippen LogP contribution in [0.3, 0.4) is 0 Å². The molecule has 0 unspecified atom stereocenters. The molecule has 0 aliphatic heterocycles. The van der Waals surface area contributed by atoms with Crippen LogP contribution in [0, 0.1) is 0 Å². The van der Waals surface area contributed by atoms with Gasteiger partial charge in [0.15, 0.2) is 0 Å². The van der Waals surface area contributed by atoms with Crippen LogP contribution in [0.15, 0.2) is 23.5 Å². The van der Waals surface area contributed by atoms with E-state index < -0.39 is 17.7 Å². The Balaban J connectivity index is 4.54. The molecule has 0 radical (unpaired) electrons. The fourth-order valence-electron chi connectivity index (χ4n) is 0.452. The molecule has 0 rings (SSSR count). The van der Waals surface area contributed by atoms with E-state index in [-0.39, 0.29) is 5.57 Å². The fraction of sp³-hybridized carbons (Fsp3) is 0.143. The van der Waals surface area contributed by atoms with E-state index in [2.05, 4.69) is 0 Å². The van der Waals surface area contributed by atoms with Gasteiger partial charge in [0.1, 0.15) is 5.76 Å². The minimum Gasteiger partial charge on any atom is -0.508 e. The molecule has 66 valence electrons. The molecule has 12 heavy (non-hydrogen) atoms. The number of carboxylic acid groups (broad SMARTS) is 2.